The van der Waals surface area contributed by atoms with Gasteiger partial charge in [-0.2, -0.15) is 0 Å². The van der Waals surface area contributed by atoms with Crippen LogP contribution in [0.1, 0.15) is 32.1 Å². The number of hydrazine groups is 1. The summed E-state index contributed by atoms with van der Waals surface area (Å²) in [7, 11) is 0. The lowest BCUT2D eigenvalue weighted by Gasteiger charge is -2.25. The maximum absolute atomic E-state index is 12.1. The first kappa shape index (κ1) is 10.6. The fraction of sp³-hybridized carbons (Fsp3) is 0.462. The van der Waals surface area contributed by atoms with Gasteiger partial charge >= 0.3 is 0 Å². The molecule has 1 spiro atoms. The molecule has 0 unspecified atom stereocenters. The number of nitrogen functional groups attached to an aromatic ring is 1. The van der Waals surface area contributed by atoms with E-state index in [-0.39, 0.29) is 11.4 Å². The summed E-state index contributed by atoms with van der Waals surface area (Å²) in [5.41, 5.74) is 10.7. The number of carbonyl (C=O) groups excluding carboxylic acids is 1. The SMILES string of the molecule is Nc1ccc(N2NC3(CCCC3)CC2=O)cc1. The molecule has 2 fully saturated rings. The molecule has 0 radical (unpaired) electrons. The third kappa shape index (κ3) is 1.78. The van der Waals surface area contributed by atoms with Crippen molar-refractivity contribution in [3.8, 4) is 0 Å². The lowest BCUT2D eigenvalue weighted by atomic mass is 9.96. The molecule has 90 valence electrons. The molecule has 1 aromatic rings. The minimum atomic E-state index is 0.0263. The van der Waals surface area contributed by atoms with E-state index in [4.69, 9.17) is 5.73 Å². The van der Waals surface area contributed by atoms with Crippen LogP contribution >= 0.6 is 0 Å². The molecule has 1 aromatic carbocycles. The highest BCUT2D eigenvalue weighted by atomic mass is 16.2. The van der Waals surface area contributed by atoms with Crippen molar-refractivity contribution in [1.29, 1.82) is 0 Å². The van der Waals surface area contributed by atoms with Crippen molar-refractivity contribution < 1.29 is 4.79 Å². The average Bonchev–Trinajstić information content (AvgIpc) is 2.88. The van der Waals surface area contributed by atoms with E-state index in [1.165, 1.54) is 12.8 Å². The van der Waals surface area contributed by atoms with Gasteiger partial charge in [0.2, 0.25) is 5.91 Å². The number of hydrogen-bond acceptors (Lipinski definition) is 3. The van der Waals surface area contributed by atoms with Gasteiger partial charge in [-0.1, -0.05) is 12.8 Å². The fourth-order valence-electron chi connectivity index (χ4n) is 2.88. The maximum atomic E-state index is 12.1. The number of benzene rings is 1. The van der Waals surface area contributed by atoms with E-state index in [1.54, 1.807) is 5.01 Å². The first-order chi connectivity index (χ1) is 8.19. The number of rotatable bonds is 1. The van der Waals surface area contributed by atoms with E-state index < -0.39 is 0 Å². The van der Waals surface area contributed by atoms with Crippen LogP contribution in [0.5, 0.6) is 0 Å². The van der Waals surface area contributed by atoms with Gasteiger partial charge in [-0.25, -0.2) is 10.4 Å². The van der Waals surface area contributed by atoms with Crippen molar-refractivity contribution in [3.63, 3.8) is 0 Å². The van der Waals surface area contributed by atoms with E-state index in [9.17, 15) is 4.79 Å². The van der Waals surface area contributed by atoms with Crippen LogP contribution in [0.3, 0.4) is 0 Å². The van der Waals surface area contributed by atoms with Gasteiger partial charge < -0.3 is 5.73 Å². The van der Waals surface area contributed by atoms with Gasteiger partial charge in [0.25, 0.3) is 0 Å². The third-order valence-electron chi connectivity index (χ3n) is 3.80. The minimum absolute atomic E-state index is 0.0263. The number of hydrogen-bond donors (Lipinski definition) is 2. The Bertz CT molecular complexity index is 434. The number of nitrogens with two attached hydrogens (primary N) is 1. The number of amides is 1. The van der Waals surface area contributed by atoms with Gasteiger partial charge in [0.05, 0.1) is 5.69 Å². The molecule has 17 heavy (non-hydrogen) atoms. The molecule has 1 aliphatic carbocycles. The predicted molar refractivity (Wildman–Crippen MR) is 67.3 cm³/mol. The standard InChI is InChI=1S/C13H17N3O/c14-10-3-5-11(6-4-10)16-12(17)9-13(15-16)7-1-2-8-13/h3-6,15H,1-2,7-9,14H2. The zero-order chi connectivity index (χ0) is 11.9. The number of nitrogens with one attached hydrogen (secondary N) is 1. The van der Waals surface area contributed by atoms with Crippen LogP contribution < -0.4 is 16.2 Å². The monoisotopic (exact) mass is 231 g/mol. The molecule has 1 aliphatic heterocycles. The van der Waals surface area contributed by atoms with Crippen LogP contribution in [-0.4, -0.2) is 11.4 Å². The van der Waals surface area contributed by atoms with Crippen molar-refractivity contribution in [2.75, 3.05) is 10.7 Å². The molecule has 3 N–H and O–H groups in total. The zero-order valence-electron chi connectivity index (χ0n) is 9.78. The van der Waals surface area contributed by atoms with Crippen LogP contribution in [0.2, 0.25) is 0 Å². The molecule has 0 aromatic heterocycles. The molecular formula is C13H17N3O. The molecular weight excluding hydrogens is 214 g/mol. The van der Waals surface area contributed by atoms with Crippen molar-refractivity contribution >= 4 is 17.3 Å². The Morgan fingerprint density at radius 1 is 1.18 bits per heavy atom. The maximum Gasteiger partial charge on any atom is 0.243 e. The number of anilines is 2. The van der Waals surface area contributed by atoms with Crippen molar-refractivity contribution in [2.45, 2.75) is 37.6 Å². The third-order valence-corrected chi connectivity index (χ3v) is 3.80. The first-order valence-electron chi connectivity index (χ1n) is 6.15. The summed E-state index contributed by atoms with van der Waals surface area (Å²) in [5.74, 6) is 0.164. The minimum Gasteiger partial charge on any atom is -0.399 e. The van der Waals surface area contributed by atoms with E-state index in [1.807, 2.05) is 24.3 Å². The summed E-state index contributed by atoms with van der Waals surface area (Å²) in [4.78, 5) is 12.1. The highest BCUT2D eigenvalue weighted by Gasteiger charge is 2.44. The second-order valence-electron chi connectivity index (χ2n) is 5.10. The largest absolute Gasteiger partial charge is 0.399 e. The van der Waals surface area contributed by atoms with Crippen LogP contribution in [-0.2, 0) is 4.79 Å². The Morgan fingerprint density at radius 2 is 1.82 bits per heavy atom. The second kappa shape index (κ2) is 3.74. The van der Waals surface area contributed by atoms with Gasteiger partial charge in [0, 0.05) is 17.6 Å². The van der Waals surface area contributed by atoms with Gasteiger partial charge in [-0.15, -0.1) is 0 Å². The van der Waals surface area contributed by atoms with E-state index in [0.717, 1.165) is 24.2 Å². The average molecular weight is 231 g/mol. The van der Waals surface area contributed by atoms with Crippen LogP contribution in [0.4, 0.5) is 11.4 Å². The van der Waals surface area contributed by atoms with E-state index in [2.05, 4.69) is 5.43 Å². The molecule has 0 bridgehead atoms. The summed E-state index contributed by atoms with van der Waals surface area (Å²) < 4.78 is 0. The Balaban J connectivity index is 1.85. The topological polar surface area (TPSA) is 58.4 Å². The lowest BCUT2D eigenvalue weighted by Crippen LogP contribution is -2.44. The lowest BCUT2D eigenvalue weighted by molar-refractivity contribution is -0.117. The van der Waals surface area contributed by atoms with Crippen LogP contribution in [0.25, 0.3) is 0 Å². The van der Waals surface area contributed by atoms with Gasteiger partial charge in [-0.3, -0.25) is 4.79 Å². The van der Waals surface area contributed by atoms with E-state index >= 15 is 0 Å². The van der Waals surface area contributed by atoms with E-state index in [0.29, 0.717) is 6.42 Å². The molecule has 2 aliphatic rings. The smallest absolute Gasteiger partial charge is 0.243 e. The molecule has 4 nitrogen and oxygen atoms in total. The molecule has 1 saturated carbocycles. The quantitative estimate of drug-likeness (QED) is 0.725. The highest BCUT2D eigenvalue weighted by molar-refractivity contribution is 5.95. The second-order valence-corrected chi connectivity index (χ2v) is 5.10. The van der Waals surface area contributed by atoms with Gasteiger partial charge in [0.15, 0.2) is 0 Å². The molecule has 0 atom stereocenters. The molecule has 1 heterocycles. The summed E-state index contributed by atoms with van der Waals surface area (Å²) in [6, 6.07) is 7.41. The van der Waals surface area contributed by atoms with Crippen molar-refractivity contribution in [2.24, 2.45) is 0 Å². The van der Waals surface area contributed by atoms with Crippen LogP contribution in [0, 0.1) is 0 Å². The van der Waals surface area contributed by atoms with Crippen molar-refractivity contribution in [3.05, 3.63) is 24.3 Å². The number of carbonyl (C=O) groups is 1. The van der Waals surface area contributed by atoms with Gasteiger partial charge in [0.1, 0.15) is 0 Å². The summed E-state index contributed by atoms with van der Waals surface area (Å²) >= 11 is 0. The molecule has 4 heteroatoms. The molecule has 1 amide bonds. The summed E-state index contributed by atoms with van der Waals surface area (Å²) in [5, 5.41) is 1.69. The molecule has 1 saturated heterocycles. The predicted octanol–water partition coefficient (Wildman–Crippen LogP) is 1.82. The Labute approximate surface area is 101 Å². The van der Waals surface area contributed by atoms with Crippen LogP contribution in [0.15, 0.2) is 24.3 Å². The first-order valence-corrected chi connectivity index (χ1v) is 6.15. The summed E-state index contributed by atoms with van der Waals surface area (Å²) in [6.45, 7) is 0. The van der Waals surface area contributed by atoms with Gasteiger partial charge in [-0.05, 0) is 37.1 Å². The Morgan fingerprint density at radius 3 is 2.47 bits per heavy atom. The highest BCUT2D eigenvalue weighted by Crippen LogP contribution is 2.38. The zero-order valence-corrected chi connectivity index (χ0v) is 9.78. The number of nitrogens with zero attached hydrogens (tertiary/aromatic N) is 1. The van der Waals surface area contributed by atoms with Crippen molar-refractivity contribution in [1.82, 2.24) is 5.43 Å². The normalized spacial score (nSPS) is 22.6. The molecule has 3 rings (SSSR count). The Kier molecular flexibility index (Phi) is 2.33. The fourth-order valence-corrected chi connectivity index (χ4v) is 2.88. The summed E-state index contributed by atoms with van der Waals surface area (Å²) in [6.07, 6.45) is 5.26. The Hall–Kier alpha value is -1.55.